The second-order valence-corrected chi connectivity index (χ2v) is 5.18. The lowest BCUT2D eigenvalue weighted by Gasteiger charge is -2.33. The maximum atomic E-state index is 10.1. The van der Waals surface area contributed by atoms with Gasteiger partial charge in [-0.1, -0.05) is 25.1 Å². The van der Waals surface area contributed by atoms with Gasteiger partial charge in [-0.2, -0.15) is 5.10 Å². The molecule has 106 valence electrons. The molecule has 0 bridgehead atoms. The second kappa shape index (κ2) is 5.63. The largest absolute Gasteiger partial charge is 0.388 e. The maximum absolute atomic E-state index is 10.1. The molecule has 1 N–H and O–H groups in total. The Morgan fingerprint density at radius 1 is 1.35 bits per heavy atom. The van der Waals surface area contributed by atoms with Crippen molar-refractivity contribution in [2.45, 2.75) is 39.0 Å². The summed E-state index contributed by atoms with van der Waals surface area (Å²) in [4.78, 5) is 6.64. The van der Waals surface area contributed by atoms with E-state index in [4.69, 9.17) is 0 Å². The van der Waals surface area contributed by atoms with Crippen LogP contribution in [-0.4, -0.2) is 26.4 Å². The number of anilines is 1. The Kier molecular flexibility index (Phi) is 3.69. The molecule has 3 rings (SSSR count). The molecule has 1 atom stereocenters. The third-order valence-electron chi connectivity index (χ3n) is 3.77. The van der Waals surface area contributed by atoms with Crippen molar-refractivity contribution in [1.29, 1.82) is 0 Å². The minimum atomic E-state index is -0.351. The van der Waals surface area contributed by atoms with Crippen molar-refractivity contribution in [2.24, 2.45) is 0 Å². The number of aromatic nitrogens is 3. The fraction of sp³-hybridized carbons (Fsp3) is 0.467. The molecule has 1 unspecified atom stereocenters. The Morgan fingerprint density at radius 2 is 2.20 bits per heavy atom. The van der Waals surface area contributed by atoms with Crippen LogP contribution in [0.4, 0.5) is 5.69 Å². The summed E-state index contributed by atoms with van der Waals surface area (Å²) in [5.74, 6) is 0.984. The molecule has 1 aliphatic heterocycles. The van der Waals surface area contributed by atoms with Crippen LogP contribution in [-0.2, 0) is 13.1 Å². The molecular formula is C15H20N4O. The Balaban J connectivity index is 1.85. The topological polar surface area (TPSA) is 54.2 Å². The van der Waals surface area contributed by atoms with Gasteiger partial charge in [0.25, 0.3) is 0 Å². The van der Waals surface area contributed by atoms with Crippen LogP contribution in [0.25, 0.3) is 0 Å². The minimum absolute atomic E-state index is 0.351. The van der Waals surface area contributed by atoms with Crippen LogP contribution in [0.1, 0.15) is 37.3 Å². The van der Waals surface area contributed by atoms with Gasteiger partial charge in [-0.05, 0) is 18.9 Å². The fourth-order valence-corrected chi connectivity index (χ4v) is 2.76. The smallest absolute Gasteiger partial charge is 0.146 e. The highest BCUT2D eigenvalue weighted by Crippen LogP contribution is 2.33. The van der Waals surface area contributed by atoms with Gasteiger partial charge in [-0.15, -0.1) is 0 Å². The highest BCUT2D eigenvalue weighted by Gasteiger charge is 2.24. The Bertz CT molecular complexity index is 581. The Labute approximate surface area is 118 Å². The van der Waals surface area contributed by atoms with E-state index in [1.54, 1.807) is 6.33 Å². The van der Waals surface area contributed by atoms with E-state index in [1.807, 2.05) is 22.9 Å². The normalized spacial score (nSPS) is 18.1. The molecule has 0 amide bonds. The summed E-state index contributed by atoms with van der Waals surface area (Å²) in [6, 6.07) is 8.06. The van der Waals surface area contributed by atoms with E-state index in [-0.39, 0.29) is 6.10 Å². The first kappa shape index (κ1) is 13.1. The van der Waals surface area contributed by atoms with Crippen molar-refractivity contribution in [1.82, 2.24) is 14.8 Å². The fourth-order valence-electron chi connectivity index (χ4n) is 2.76. The second-order valence-electron chi connectivity index (χ2n) is 5.18. The first-order valence-corrected chi connectivity index (χ1v) is 7.18. The highest BCUT2D eigenvalue weighted by atomic mass is 16.3. The zero-order valence-corrected chi connectivity index (χ0v) is 11.7. The van der Waals surface area contributed by atoms with Gasteiger partial charge in [0, 0.05) is 24.3 Å². The van der Waals surface area contributed by atoms with Crippen molar-refractivity contribution >= 4 is 5.69 Å². The standard InChI is InChI=1S/C15H20N4O/c1-2-8-19-15(16-11-17-19)10-18-9-7-14(20)12-5-3-4-6-13(12)18/h3-6,11,14,20H,2,7-10H2,1H3. The number of aryl methyl sites for hydroxylation is 1. The highest BCUT2D eigenvalue weighted by molar-refractivity contribution is 5.56. The molecule has 0 spiro atoms. The third-order valence-corrected chi connectivity index (χ3v) is 3.77. The van der Waals surface area contributed by atoms with E-state index in [0.717, 1.165) is 49.6 Å². The van der Waals surface area contributed by atoms with Gasteiger partial charge in [0.2, 0.25) is 0 Å². The molecule has 1 aromatic carbocycles. The Morgan fingerprint density at radius 3 is 3.05 bits per heavy atom. The average Bonchev–Trinajstić information content (AvgIpc) is 2.90. The van der Waals surface area contributed by atoms with Crippen LogP contribution in [0, 0.1) is 0 Å². The average molecular weight is 272 g/mol. The van der Waals surface area contributed by atoms with Gasteiger partial charge in [-0.25, -0.2) is 9.67 Å². The lowest BCUT2D eigenvalue weighted by Crippen LogP contribution is -2.31. The number of benzene rings is 1. The quantitative estimate of drug-likeness (QED) is 0.926. The van der Waals surface area contributed by atoms with Crippen LogP contribution in [0.15, 0.2) is 30.6 Å². The predicted octanol–water partition coefficient (Wildman–Crippen LogP) is 2.13. The summed E-state index contributed by atoms with van der Waals surface area (Å²) < 4.78 is 1.97. The monoisotopic (exact) mass is 272 g/mol. The molecule has 2 aromatic rings. The zero-order chi connectivity index (χ0) is 13.9. The van der Waals surface area contributed by atoms with E-state index >= 15 is 0 Å². The van der Waals surface area contributed by atoms with Crippen molar-refractivity contribution in [3.8, 4) is 0 Å². The van der Waals surface area contributed by atoms with Gasteiger partial charge in [0.15, 0.2) is 0 Å². The number of hydrogen-bond acceptors (Lipinski definition) is 4. The number of hydrogen-bond donors (Lipinski definition) is 1. The first-order chi connectivity index (χ1) is 9.79. The summed E-state index contributed by atoms with van der Waals surface area (Å²) in [5.41, 5.74) is 2.12. The number of nitrogens with zero attached hydrogens (tertiary/aromatic N) is 4. The number of para-hydroxylation sites is 1. The van der Waals surface area contributed by atoms with Crippen LogP contribution >= 0.6 is 0 Å². The third kappa shape index (κ3) is 2.41. The van der Waals surface area contributed by atoms with Crippen molar-refractivity contribution in [2.75, 3.05) is 11.4 Å². The van der Waals surface area contributed by atoms with Crippen molar-refractivity contribution < 1.29 is 5.11 Å². The summed E-state index contributed by atoms with van der Waals surface area (Å²) in [6.45, 7) is 4.62. The van der Waals surface area contributed by atoms with Crippen LogP contribution < -0.4 is 4.90 Å². The SMILES string of the molecule is CCCn1ncnc1CN1CCC(O)c2ccccc21. The van der Waals surface area contributed by atoms with Crippen LogP contribution in [0.3, 0.4) is 0 Å². The molecular weight excluding hydrogens is 252 g/mol. The molecule has 1 aromatic heterocycles. The molecule has 1 aliphatic rings. The molecule has 0 aliphatic carbocycles. The maximum Gasteiger partial charge on any atom is 0.146 e. The van der Waals surface area contributed by atoms with Gasteiger partial charge >= 0.3 is 0 Å². The molecule has 2 heterocycles. The number of aliphatic hydroxyl groups excluding tert-OH is 1. The first-order valence-electron chi connectivity index (χ1n) is 7.18. The lowest BCUT2D eigenvalue weighted by molar-refractivity contribution is 0.164. The van der Waals surface area contributed by atoms with E-state index in [9.17, 15) is 5.11 Å². The number of aliphatic hydroxyl groups is 1. The molecule has 0 fully saturated rings. The van der Waals surface area contributed by atoms with Gasteiger partial charge in [0.1, 0.15) is 12.2 Å². The van der Waals surface area contributed by atoms with Gasteiger partial charge in [-0.3, -0.25) is 0 Å². The van der Waals surface area contributed by atoms with E-state index < -0.39 is 0 Å². The summed E-state index contributed by atoms with van der Waals surface area (Å²) in [6.07, 6.45) is 3.08. The summed E-state index contributed by atoms with van der Waals surface area (Å²) >= 11 is 0. The van der Waals surface area contributed by atoms with E-state index in [0.29, 0.717) is 0 Å². The van der Waals surface area contributed by atoms with Crippen molar-refractivity contribution in [3.63, 3.8) is 0 Å². The zero-order valence-electron chi connectivity index (χ0n) is 11.7. The van der Waals surface area contributed by atoms with Crippen LogP contribution in [0.2, 0.25) is 0 Å². The molecule has 0 saturated heterocycles. The van der Waals surface area contributed by atoms with Gasteiger partial charge in [0.05, 0.1) is 12.6 Å². The van der Waals surface area contributed by atoms with Crippen molar-refractivity contribution in [3.05, 3.63) is 42.0 Å². The molecule has 5 heteroatoms. The Hall–Kier alpha value is -1.88. The number of fused-ring (bicyclic) bond motifs is 1. The van der Waals surface area contributed by atoms with E-state index in [1.165, 1.54) is 0 Å². The lowest BCUT2D eigenvalue weighted by atomic mass is 9.99. The predicted molar refractivity (Wildman–Crippen MR) is 77.4 cm³/mol. The van der Waals surface area contributed by atoms with E-state index in [2.05, 4.69) is 28.0 Å². The summed E-state index contributed by atoms with van der Waals surface area (Å²) in [5, 5.41) is 14.4. The number of rotatable bonds is 4. The van der Waals surface area contributed by atoms with Crippen LogP contribution in [0.5, 0.6) is 0 Å². The molecule has 0 saturated carbocycles. The summed E-state index contributed by atoms with van der Waals surface area (Å²) in [7, 11) is 0. The minimum Gasteiger partial charge on any atom is -0.388 e. The molecule has 5 nitrogen and oxygen atoms in total. The van der Waals surface area contributed by atoms with Gasteiger partial charge < -0.3 is 10.0 Å². The molecule has 0 radical (unpaired) electrons. The molecule has 20 heavy (non-hydrogen) atoms.